The molecule has 0 N–H and O–H groups in total. The Balaban J connectivity index is 1.84. The van der Waals surface area contributed by atoms with Gasteiger partial charge in [-0.15, -0.1) is 10.2 Å². The summed E-state index contributed by atoms with van der Waals surface area (Å²) in [4.78, 5) is 17.2. The van der Waals surface area contributed by atoms with Gasteiger partial charge in [0, 0.05) is 26.2 Å². The molecular formula is C23H35N5O2S. The third kappa shape index (κ3) is 6.23. The molecule has 1 fully saturated rings. The first-order chi connectivity index (χ1) is 14.9. The van der Waals surface area contributed by atoms with Gasteiger partial charge in [-0.2, -0.15) is 0 Å². The van der Waals surface area contributed by atoms with Crippen LogP contribution in [0.4, 0.5) is 5.95 Å². The highest BCUT2D eigenvalue weighted by Gasteiger charge is 2.24. The van der Waals surface area contributed by atoms with Crippen LogP contribution in [-0.2, 0) is 9.53 Å². The van der Waals surface area contributed by atoms with E-state index < -0.39 is 0 Å². The van der Waals surface area contributed by atoms with Gasteiger partial charge >= 0.3 is 0 Å². The first-order valence-electron chi connectivity index (χ1n) is 11.1. The summed E-state index contributed by atoms with van der Waals surface area (Å²) in [6.07, 6.45) is 0. The van der Waals surface area contributed by atoms with Crippen LogP contribution in [0.2, 0.25) is 0 Å². The number of benzene rings is 1. The van der Waals surface area contributed by atoms with Crippen LogP contribution < -0.4 is 4.90 Å². The van der Waals surface area contributed by atoms with Gasteiger partial charge < -0.3 is 14.5 Å². The fourth-order valence-electron chi connectivity index (χ4n) is 3.73. The minimum atomic E-state index is 0.152. The minimum Gasteiger partial charge on any atom is -0.378 e. The number of anilines is 1. The lowest BCUT2D eigenvalue weighted by molar-refractivity contribution is -0.129. The summed E-state index contributed by atoms with van der Waals surface area (Å²) in [5.41, 5.74) is 2.19. The molecule has 2 heterocycles. The first kappa shape index (κ1) is 23.6. The summed E-state index contributed by atoms with van der Waals surface area (Å²) in [6.45, 7) is 15.2. The van der Waals surface area contributed by atoms with E-state index in [0.29, 0.717) is 30.8 Å². The van der Waals surface area contributed by atoms with Crippen molar-refractivity contribution in [1.82, 2.24) is 19.7 Å². The lowest BCUT2D eigenvalue weighted by atomic mass is 10.1. The highest BCUT2D eigenvalue weighted by atomic mass is 32.2. The van der Waals surface area contributed by atoms with Gasteiger partial charge in [0.2, 0.25) is 11.9 Å². The van der Waals surface area contributed by atoms with E-state index in [9.17, 15) is 4.79 Å². The molecule has 8 heteroatoms. The molecule has 7 nitrogen and oxygen atoms in total. The van der Waals surface area contributed by atoms with Crippen molar-refractivity contribution in [2.45, 2.75) is 39.8 Å². The average Bonchev–Trinajstić information content (AvgIpc) is 3.15. The summed E-state index contributed by atoms with van der Waals surface area (Å²) in [5, 5.41) is 9.75. The van der Waals surface area contributed by atoms with Crippen molar-refractivity contribution in [3.05, 3.63) is 29.8 Å². The summed E-state index contributed by atoms with van der Waals surface area (Å²) in [7, 11) is 0. The van der Waals surface area contributed by atoms with E-state index in [2.05, 4.69) is 66.4 Å². The van der Waals surface area contributed by atoms with Gasteiger partial charge in [0.15, 0.2) is 5.16 Å². The van der Waals surface area contributed by atoms with Crippen LogP contribution in [0.15, 0.2) is 29.4 Å². The van der Waals surface area contributed by atoms with Gasteiger partial charge in [-0.05, 0) is 30.4 Å². The van der Waals surface area contributed by atoms with Crippen molar-refractivity contribution in [3.63, 3.8) is 0 Å². The predicted octanol–water partition coefficient (Wildman–Crippen LogP) is 3.65. The number of rotatable bonds is 9. The monoisotopic (exact) mass is 445 g/mol. The molecule has 3 rings (SSSR count). The van der Waals surface area contributed by atoms with Crippen molar-refractivity contribution in [1.29, 1.82) is 0 Å². The lowest BCUT2D eigenvalue weighted by Gasteiger charge is -2.28. The highest BCUT2D eigenvalue weighted by Crippen LogP contribution is 2.29. The molecule has 0 unspecified atom stereocenters. The standard InChI is InChI=1S/C23H35N5O2S/c1-17(2)14-27(15-18(3)4)21(29)16-31-23-25-24-22(26-10-12-30-13-11-26)28(23)20-9-7-6-8-19(20)5/h6-9,17-18H,10-16H2,1-5H3. The molecule has 1 aliphatic rings. The van der Waals surface area contributed by atoms with Gasteiger partial charge in [-0.25, -0.2) is 0 Å². The number of ether oxygens (including phenoxy) is 1. The summed E-state index contributed by atoms with van der Waals surface area (Å²) in [5.74, 6) is 2.20. The molecule has 0 atom stereocenters. The number of hydrogen-bond acceptors (Lipinski definition) is 6. The molecule has 0 aliphatic carbocycles. The fraction of sp³-hybridized carbons (Fsp3) is 0.609. The number of carbonyl (C=O) groups is 1. The van der Waals surface area contributed by atoms with Crippen molar-refractivity contribution >= 4 is 23.6 Å². The maximum atomic E-state index is 13.0. The third-order valence-corrected chi connectivity index (χ3v) is 6.03. The molecule has 1 amide bonds. The SMILES string of the molecule is Cc1ccccc1-n1c(SCC(=O)N(CC(C)C)CC(C)C)nnc1N1CCOCC1. The second-order valence-corrected chi connectivity index (χ2v) is 9.82. The second kappa shape index (κ2) is 11.0. The van der Waals surface area contributed by atoms with Crippen LogP contribution in [0.3, 0.4) is 0 Å². The van der Waals surface area contributed by atoms with Gasteiger partial charge in [0.05, 0.1) is 24.7 Å². The van der Waals surface area contributed by atoms with Crippen molar-refractivity contribution in [3.8, 4) is 5.69 Å². The largest absolute Gasteiger partial charge is 0.378 e. The Bertz CT molecular complexity index is 851. The molecule has 170 valence electrons. The van der Waals surface area contributed by atoms with Gasteiger partial charge in [-0.3, -0.25) is 9.36 Å². The Morgan fingerprint density at radius 3 is 2.35 bits per heavy atom. The van der Waals surface area contributed by atoms with Crippen LogP contribution in [0, 0.1) is 18.8 Å². The maximum absolute atomic E-state index is 13.0. The predicted molar refractivity (Wildman–Crippen MR) is 126 cm³/mol. The Kier molecular flexibility index (Phi) is 8.37. The maximum Gasteiger partial charge on any atom is 0.233 e. The average molecular weight is 446 g/mol. The summed E-state index contributed by atoms with van der Waals surface area (Å²) >= 11 is 1.47. The van der Waals surface area contributed by atoms with Crippen LogP contribution in [0.25, 0.3) is 5.69 Å². The molecular weight excluding hydrogens is 410 g/mol. The Labute approximate surface area is 190 Å². The van der Waals surface area contributed by atoms with Crippen molar-refractivity contribution in [2.24, 2.45) is 11.8 Å². The van der Waals surface area contributed by atoms with Crippen LogP contribution in [0.1, 0.15) is 33.3 Å². The van der Waals surface area contributed by atoms with E-state index in [1.807, 2.05) is 17.0 Å². The zero-order chi connectivity index (χ0) is 22.4. The lowest BCUT2D eigenvalue weighted by Crippen LogP contribution is -2.38. The normalized spacial score (nSPS) is 14.5. The number of carbonyl (C=O) groups excluding carboxylic acids is 1. The third-order valence-electron chi connectivity index (χ3n) is 5.12. The molecule has 0 bridgehead atoms. The van der Waals surface area contributed by atoms with Crippen LogP contribution in [-0.4, -0.2) is 70.7 Å². The molecule has 1 aliphatic heterocycles. The fourth-order valence-corrected chi connectivity index (χ4v) is 4.57. The number of para-hydroxylation sites is 1. The molecule has 1 aromatic carbocycles. The van der Waals surface area contributed by atoms with Crippen LogP contribution >= 0.6 is 11.8 Å². The molecule has 0 spiro atoms. The van der Waals surface area contributed by atoms with E-state index in [1.54, 1.807) is 0 Å². The molecule has 1 saturated heterocycles. The number of amides is 1. The molecule has 0 saturated carbocycles. The van der Waals surface area contributed by atoms with Gasteiger partial charge in [0.1, 0.15) is 0 Å². The number of hydrogen-bond donors (Lipinski definition) is 0. The van der Waals surface area contributed by atoms with Crippen molar-refractivity contribution < 1.29 is 9.53 Å². The topological polar surface area (TPSA) is 63.5 Å². The molecule has 1 aromatic heterocycles. The Hall–Kier alpha value is -2.06. The Morgan fingerprint density at radius 2 is 1.74 bits per heavy atom. The molecule has 2 aromatic rings. The van der Waals surface area contributed by atoms with Crippen molar-refractivity contribution in [2.75, 3.05) is 50.0 Å². The minimum absolute atomic E-state index is 0.152. The number of morpholine rings is 1. The van der Waals surface area contributed by atoms with E-state index in [1.165, 1.54) is 11.8 Å². The molecule has 31 heavy (non-hydrogen) atoms. The van der Waals surface area contributed by atoms with E-state index in [-0.39, 0.29) is 5.91 Å². The van der Waals surface area contributed by atoms with Crippen LogP contribution in [0.5, 0.6) is 0 Å². The highest BCUT2D eigenvalue weighted by molar-refractivity contribution is 7.99. The second-order valence-electron chi connectivity index (χ2n) is 8.88. The number of nitrogens with zero attached hydrogens (tertiary/aromatic N) is 5. The van der Waals surface area contributed by atoms with E-state index in [4.69, 9.17) is 4.74 Å². The van der Waals surface area contributed by atoms with E-state index in [0.717, 1.165) is 48.5 Å². The van der Waals surface area contributed by atoms with Gasteiger partial charge in [0.25, 0.3) is 0 Å². The zero-order valence-corrected chi connectivity index (χ0v) is 20.2. The summed E-state index contributed by atoms with van der Waals surface area (Å²) in [6, 6.07) is 8.23. The number of aromatic nitrogens is 3. The van der Waals surface area contributed by atoms with E-state index >= 15 is 0 Å². The number of aryl methyl sites for hydroxylation is 1. The first-order valence-corrected chi connectivity index (χ1v) is 12.1. The van der Waals surface area contributed by atoms with Gasteiger partial charge in [-0.1, -0.05) is 57.7 Å². The number of thioether (sulfide) groups is 1. The quantitative estimate of drug-likeness (QED) is 0.549. The zero-order valence-electron chi connectivity index (χ0n) is 19.4. The Morgan fingerprint density at radius 1 is 1.10 bits per heavy atom. The summed E-state index contributed by atoms with van der Waals surface area (Å²) < 4.78 is 7.60. The molecule has 0 radical (unpaired) electrons. The smallest absolute Gasteiger partial charge is 0.233 e.